The van der Waals surface area contributed by atoms with Crippen LogP contribution in [0.15, 0.2) is 12.2 Å². The van der Waals surface area contributed by atoms with Crippen LogP contribution < -0.4 is 5.32 Å². The highest BCUT2D eigenvalue weighted by molar-refractivity contribution is 8.00. The molecule has 0 radical (unpaired) electrons. The molecule has 0 aromatic heterocycles. The summed E-state index contributed by atoms with van der Waals surface area (Å²) in [6.07, 6.45) is 11.6. The average Bonchev–Trinajstić information content (AvgIpc) is 2.29. The Bertz CT molecular complexity index is 247. The largest absolute Gasteiger partial charge is 0.478 e. The van der Waals surface area contributed by atoms with Gasteiger partial charge in [0, 0.05) is 23.9 Å². The molecular formula is C12H21NO2S. The van der Waals surface area contributed by atoms with E-state index in [1.165, 1.54) is 38.2 Å². The number of hydrogen-bond donors (Lipinski definition) is 2. The zero-order chi connectivity index (χ0) is 11.9. The lowest BCUT2D eigenvalue weighted by atomic mass is 9.88. The van der Waals surface area contributed by atoms with Crippen molar-refractivity contribution in [2.75, 3.05) is 19.3 Å². The smallest absolute Gasteiger partial charge is 0.328 e. The van der Waals surface area contributed by atoms with Gasteiger partial charge in [0.05, 0.1) is 0 Å². The lowest BCUT2D eigenvalue weighted by Gasteiger charge is -2.35. The molecule has 2 N–H and O–H groups in total. The molecule has 1 saturated carbocycles. The monoisotopic (exact) mass is 243 g/mol. The van der Waals surface area contributed by atoms with E-state index in [-0.39, 0.29) is 0 Å². The summed E-state index contributed by atoms with van der Waals surface area (Å²) in [5, 5.41) is 11.8. The van der Waals surface area contributed by atoms with Crippen molar-refractivity contribution < 1.29 is 9.90 Å². The van der Waals surface area contributed by atoms with Crippen LogP contribution in [0.3, 0.4) is 0 Å². The summed E-state index contributed by atoms with van der Waals surface area (Å²) in [5.74, 6) is -0.876. The van der Waals surface area contributed by atoms with Crippen LogP contribution in [0, 0.1) is 0 Å². The highest BCUT2D eigenvalue weighted by Gasteiger charge is 2.30. The third-order valence-electron chi connectivity index (χ3n) is 3.17. The number of aliphatic carboxylic acids is 1. The third-order valence-corrected chi connectivity index (χ3v) is 4.59. The van der Waals surface area contributed by atoms with Gasteiger partial charge in [0.15, 0.2) is 0 Å². The molecule has 0 aromatic rings. The van der Waals surface area contributed by atoms with Gasteiger partial charge >= 0.3 is 5.97 Å². The molecule has 0 amide bonds. The molecule has 0 bridgehead atoms. The van der Waals surface area contributed by atoms with E-state index in [1.807, 2.05) is 11.8 Å². The maximum Gasteiger partial charge on any atom is 0.328 e. The highest BCUT2D eigenvalue weighted by atomic mass is 32.2. The van der Waals surface area contributed by atoms with Crippen LogP contribution in [0.4, 0.5) is 0 Å². The van der Waals surface area contributed by atoms with Crippen molar-refractivity contribution in [1.29, 1.82) is 0 Å². The van der Waals surface area contributed by atoms with Crippen molar-refractivity contribution >= 4 is 17.7 Å². The standard InChI is InChI=1S/C12H21NO2S/c1-16-12(7-3-2-4-8-12)10-13-9-5-6-11(14)15/h5-6,13H,2-4,7-10H2,1H3,(H,14,15)/b6-5+. The van der Waals surface area contributed by atoms with Gasteiger partial charge in [-0.25, -0.2) is 4.79 Å². The van der Waals surface area contributed by atoms with Gasteiger partial charge in [-0.1, -0.05) is 25.3 Å². The zero-order valence-electron chi connectivity index (χ0n) is 9.87. The van der Waals surface area contributed by atoms with Gasteiger partial charge in [-0.2, -0.15) is 11.8 Å². The summed E-state index contributed by atoms with van der Waals surface area (Å²) >= 11 is 1.95. The minimum atomic E-state index is -0.876. The van der Waals surface area contributed by atoms with E-state index >= 15 is 0 Å². The lowest BCUT2D eigenvalue weighted by Crippen LogP contribution is -2.39. The number of hydrogen-bond acceptors (Lipinski definition) is 3. The predicted molar refractivity (Wildman–Crippen MR) is 69.0 cm³/mol. The number of carboxylic acid groups (broad SMARTS) is 1. The van der Waals surface area contributed by atoms with Crippen LogP contribution in [0.1, 0.15) is 32.1 Å². The second-order valence-corrected chi connectivity index (χ2v) is 5.59. The van der Waals surface area contributed by atoms with Gasteiger partial charge in [0.25, 0.3) is 0 Å². The molecule has 1 aliphatic rings. The Kier molecular flexibility index (Phi) is 5.91. The molecule has 0 atom stereocenters. The number of thioether (sulfide) groups is 1. The highest BCUT2D eigenvalue weighted by Crippen LogP contribution is 2.37. The molecule has 1 aliphatic carbocycles. The minimum Gasteiger partial charge on any atom is -0.478 e. The molecule has 16 heavy (non-hydrogen) atoms. The molecule has 0 saturated heterocycles. The fourth-order valence-electron chi connectivity index (χ4n) is 2.19. The van der Waals surface area contributed by atoms with E-state index in [0.717, 1.165) is 6.54 Å². The van der Waals surface area contributed by atoms with E-state index in [1.54, 1.807) is 6.08 Å². The molecule has 1 rings (SSSR count). The first-order chi connectivity index (χ1) is 7.68. The topological polar surface area (TPSA) is 49.3 Å². The Morgan fingerprint density at radius 3 is 2.69 bits per heavy atom. The fraction of sp³-hybridized carbons (Fsp3) is 0.750. The number of carbonyl (C=O) groups is 1. The first-order valence-electron chi connectivity index (χ1n) is 5.84. The molecule has 3 nitrogen and oxygen atoms in total. The lowest BCUT2D eigenvalue weighted by molar-refractivity contribution is -0.131. The van der Waals surface area contributed by atoms with Gasteiger partial charge in [-0.05, 0) is 19.1 Å². The molecule has 0 unspecified atom stereocenters. The van der Waals surface area contributed by atoms with Crippen molar-refractivity contribution in [3.05, 3.63) is 12.2 Å². The Hall–Kier alpha value is -0.480. The Morgan fingerprint density at radius 1 is 1.44 bits per heavy atom. The van der Waals surface area contributed by atoms with E-state index < -0.39 is 5.97 Å². The number of carboxylic acids is 1. The van der Waals surface area contributed by atoms with Gasteiger partial charge in [0.2, 0.25) is 0 Å². The van der Waals surface area contributed by atoms with Crippen LogP contribution in [-0.2, 0) is 4.79 Å². The molecule has 0 heterocycles. The Balaban J connectivity index is 2.25. The van der Waals surface area contributed by atoms with E-state index in [9.17, 15) is 4.79 Å². The molecule has 0 spiro atoms. The summed E-state index contributed by atoms with van der Waals surface area (Å²) in [5.41, 5.74) is 0. The molecule has 4 heteroatoms. The van der Waals surface area contributed by atoms with Crippen LogP contribution in [0.25, 0.3) is 0 Å². The van der Waals surface area contributed by atoms with Crippen LogP contribution in [-0.4, -0.2) is 35.2 Å². The van der Waals surface area contributed by atoms with E-state index in [4.69, 9.17) is 5.11 Å². The van der Waals surface area contributed by atoms with E-state index in [2.05, 4.69) is 11.6 Å². The van der Waals surface area contributed by atoms with Crippen molar-refractivity contribution in [3.8, 4) is 0 Å². The Morgan fingerprint density at radius 2 is 2.12 bits per heavy atom. The summed E-state index contributed by atoms with van der Waals surface area (Å²) in [7, 11) is 0. The fourth-order valence-corrected chi connectivity index (χ4v) is 3.14. The maximum absolute atomic E-state index is 10.3. The maximum atomic E-state index is 10.3. The Labute approximate surface area is 102 Å². The van der Waals surface area contributed by atoms with Crippen molar-refractivity contribution in [2.24, 2.45) is 0 Å². The van der Waals surface area contributed by atoms with Crippen molar-refractivity contribution in [1.82, 2.24) is 5.32 Å². The van der Waals surface area contributed by atoms with Gasteiger partial charge in [0.1, 0.15) is 0 Å². The zero-order valence-corrected chi connectivity index (χ0v) is 10.7. The van der Waals surface area contributed by atoms with Gasteiger partial charge < -0.3 is 10.4 Å². The SMILES string of the molecule is CSC1(CNC/C=C/C(=O)O)CCCCC1. The minimum absolute atomic E-state index is 0.384. The first-order valence-corrected chi connectivity index (χ1v) is 7.06. The number of nitrogens with one attached hydrogen (secondary N) is 1. The summed E-state index contributed by atoms with van der Waals surface area (Å²) < 4.78 is 0.384. The van der Waals surface area contributed by atoms with Crippen LogP contribution >= 0.6 is 11.8 Å². The summed E-state index contributed by atoms with van der Waals surface area (Å²) in [4.78, 5) is 10.3. The predicted octanol–water partition coefficient (Wildman–Crippen LogP) is 2.28. The quantitative estimate of drug-likeness (QED) is 0.555. The third kappa shape index (κ3) is 4.58. The molecule has 92 valence electrons. The second kappa shape index (κ2) is 6.97. The molecule has 0 aliphatic heterocycles. The first kappa shape index (κ1) is 13.6. The number of rotatable bonds is 6. The molecular weight excluding hydrogens is 222 g/mol. The van der Waals surface area contributed by atoms with Crippen LogP contribution in [0.2, 0.25) is 0 Å². The van der Waals surface area contributed by atoms with Gasteiger partial charge in [-0.3, -0.25) is 0 Å². The second-order valence-electron chi connectivity index (χ2n) is 4.32. The van der Waals surface area contributed by atoms with Gasteiger partial charge in [-0.15, -0.1) is 0 Å². The average molecular weight is 243 g/mol. The van der Waals surface area contributed by atoms with Crippen LogP contribution in [0.5, 0.6) is 0 Å². The van der Waals surface area contributed by atoms with Crippen molar-refractivity contribution in [2.45, 2.75) is 36.9 Å². The van der Waals surface area contributed by atoms with E-state index in [0.29, 0.717) is 11.3 Å². The molecule has 0 aromatic carbocycles. The van der Waals surface area contributed by atoms with Crippen molar-refractivity contribution in [3.63, 3.8) is 0 Å². The summed E-state index contributed by atoms with van der Waals surface area (Å²) in [6.45, 7) is 1.63. The normalized spacial score (nSPS) is 20.1. The molecule has 1 fully saturated rings. The summed E-state index contributed by atoms with van der Waals surface area (Å²) in [6, 6.07) is 0.